The number of hydrogen-bond donors (Lipinski definition) is 2. The van der Waals surface area contributed by atoms with Crippen LogP contribution in [0.1, 0.15) is 27.8 Å². The highest BCUT2D eigenvalue weighted by molar-refractivity contribution is 7.17. The van der Waals surface area contributed by atoms with Crippen LogP contribution in [-0.2, 0) is 11.3 Å². The lowest BCUT2D eigenvalue weighted by Crippen LogP contribution is -2.37. The Kier molecular flexibility index (Phi) is 4.04. The summed E-state index contributed by atoms with van der Waals surface area (Å²) in [7, 11) is 1.64. The van der Waals surface area contributed by atoms with Gasteiger partial charge in [-0.25, -0.2) is 4.39 Å². The van der Waals surface area contributed by atoms with Gasteiger partial charge in [0.1, 0.15) is 11.5 Å². The van der Waals surface area contributed by atoms with Crippen LogP contribution in [0.2, 0.25) is 0 Å². The van der Waals surface area contributed by atoms with Gasteiger partial charge in [-0.1, -0.05) is 6.07 Å². The lowest BCUT2D eigenvalue weighted by atomic mass is 9.95. The Morgan fingerprint density at radius 1 is 1.21 bits per heavy atom. The molecule has 6 nitrogen and oxygen atoms in total. The zero-order valence-electron chi connectivity index (χ0n) is 15.2. The topological polar surface area (TPSA) is 78.2 Å². The van der Waals surface area contributed by atoms with Crippen LogP contribution in [0.5, 0.6) is 0 Å². The van der Waals surface area contributed by atoms with E-state index >= 15 is 0 Å². The van der Waals surface area contributed by atoms with E-state index in [4.69, 9.17) is 4.74 Å². The third-order valence-electron chi connectivity index (χ3n) is 5.26. The molecule has 4 heterocycles. The van der Waals surface area contributed by atoms with Crippen LogP contribution < -0.4 is 5.56 Å². The molecule has 0 radical (unpaired) electrons. The number of carbonyl (C=O) groups excluding carboxylic acids is 1. The largest absolute Gasteiger partial charge is 0.373 e. The molecular weight excluding hydrogens is 400 g/mol. The minimum absolute atomic E-state index is 0.202. The van der Waals surface area contributed by atoms with Crippen molar-refractivity contribution in [1.29, 1.82) is 0 Å². The molecule has 4 aromatic rings. The van der Waals surface area contributed by atoms with Crippen molar-refractivity contribution in [3.8, 4) is 0 Å². The molecule has 0 fully saturated rings. The molecule has 9 heteroatoms. The molecule has 2 N–H and O–H groups in total. The number of aromatic amines is 2. The van der Waals surface area contributed by atoms with Gasteiger partial charge in [0.2, 0.25) is 0 Å². The number of pyridine rings is 1. The van der Waals surface area contributed by atoms with Crippen LogP contribution in [0.3, 0.4) is 0 Å². The van der Waals surface area contributed by atoms with Crippen molar-refractivity contribution in [2.45, 2.75) is 12.6 Å². The summed E-state index contributed by atoms with van der Waals surface area (Å²) in [5.74, 6) is -0.800. The molecule has 0 spiro atoms. The van der Waals surface area contributed by atoms with E-state index in [9.17, 15) is 18.4 Å². The van der Waals surface area contributed by atoms with Gasteiger partial charge in [0.05, 0.1) is 34.9 Å². The van der Waals surface area contributed by atoms with E-state index < -0.39 is 17.4 Å². The number of nitrogens with zero attached hydrogens (tertiary/aromatic N) is 1. The van der Waals surface area contributed by atoms with E-state index in [2.05, 4.69) is 9.97 Å². The van der Waals surface area contributed by atoms with E-state index in [0.717, 1.165) is 16.9 Å². The van der Waals surface area contributed by atoms with E-state index in [0.29, 0.717) is 27.0 Å². The van der Waals surface area contributed by atoms with Crippen LogP contribution in [0, 0.1) is 10.9 Å². The maximum absolute atomic E-state index is 13.7. The number of thiophene rings is 1. The van der Waals surface area contributed by atoms with Gasteiger partial charge in [0.15, 0.2) is 5.13 Å². The van der Waals surface area contributed by atoms with Crippen molar-refractivity contribution in [1.82, 2.24) is 14.9 Å². The third-order valence-corrected chi connectivity index (χ3v) is 6.13. The van der Waals surface area contributed by atoms with Gasteiger partial charge < -0.3 is 19.6 Å². The molecule has 1 amide bonds. The molecular formula is C20H15F2N3O3S. The van der Waals surface area contributed by atoms with E-state index in [1.54, 1.807) is 19.2 Å². The first kappa shape index (κ1) is 18.0. The number of H-pyrrole nitrogens is 2. The fourth-order valence-corrected chi connectivity index (χ4v) is 4.65. The number of hydrogen-bond acceptors (Lipinski definition) is 4. The zero-order chi connectivity index (χ0) is 20.3. The summed E-state index contributed by atoms with van der Waals surface area (Å²) in [6.45, 7) is 0.436. The molecule has 0 saturated carbocycles. The number of halogens is 2. The molecule has 148 valence electrons. The van der Waals surface area contributed by atoms with Gasteiger partial charge in [0, 0.05) is 24.4 Å². The van der Waals surface area contributed by atoms with Crippen molar-refractivity contribution in [2.24, 2.45) is 0 Å². The van der Waals surface area contributed by atoms with Crippen LogP contribution in [0.15, 0.2) is 35.1 Å². The molecule has 1 aliphatic rings. The van der Waals surface area contributed by atoms with Gasteiger partial charge in [0.25, 0.3) is 11.5 Å². The van der Waals surface area contributed by atoms with Gasteiger partial charge >= 0.3 is 0 Å². The molecule has 0 unspecified atom stereocenters. The molecule has 0 saturated heterocycles. The number of rotatable bonds is 2. The Balaban J connectivity index is 1.59. The molecule has 1 aliphatic heterocycles. The second-order valence-electron chi connectivity index (χ2n) is 6.99. The summed E-state index contributed by atoms with van der Waals surface area (Å²) < 4.78 is 33.3. The second-order valence-corrected chi connectivity index (χ2v) is 8.03. The molecule has 1 aromatic carbocycles. The van der Waals surface area contributed by atoms with Crippen molar-refractivity contribution in [2.75, 3.05) is 13.7 Å². The van der Waals surface area contributed by atoms with E-state index in [1.165, 1.54) is 23.1 Å². The average Bonchev–Trinajstić information content (AvgIpc) is 3.24. The first-order valence-electron chi connectivity index (χ1n) is 8.89. The monoisotopic (exact) mass is 415 g/mol. The molecule has 3 aromatic heterocycles. The predicted octanol–water partition coefficient (Wildman–Crippen LogP) is 3.69. The molecule has 0 aliphatic carbocycles. The summed E-state index contributed by atoms with van der Waals surface area (Å²) in [5, 5.41) is 0.496. The average molecular weight is 415 g/mol. The number of fused-ring (bicyclic) bond motifs is 4. The Labute approximate surface area is 166 Å². The normalized spacial score (nSPS) is 16.3. The highest BCUT2D eigenvalue weighted by Crippen LogP contribution is 2.34. The summed E-state index contributed by atoms with van der Waals surface area (Å²) in [5.41, 5.74) is 1.80. The summed E-state index contributed by atoms with van der Waals surface area (Å²) in [6.07, 6.45) is 0. The fourth-order valence-electron chi connectivity index (χ4n) is 3.87. The number of aromatic nitrogens is 2. The summed E-state index contributed by atoms with van der Waals surface area (Å²) >= 11 is 0.962. The van der Waals surface area contributed by atoms with Crippen LogP contribution in [0.4, 0.5) is 8.78 Å². The lowest BCUT2D eigenvalue weighted by molar-refractivity contribution is 0.0333. The van der Waals surface area contributed by atoms with Crippen molar-refractivity contribution >= 4 is 38.2 Å². The number of nitrogens with one attached hydrogen (secondary N) is 2. The highest BCUT2D eigenvalue weighted by atomic mass is 32.1. The van der Waals surface area contributed by atoms with Gasteiger partial charge in [-0.15, -0.1) is 11.3 Å². The Morgan fingerprint density at radius 2 is 2.03 bits per heavy atom. The lowest BCUT2D eigenvalue weighted by Gasteiger charge is -2.33. The smallest absolute Gasteiger partial charge is 0.270 e. The van der Waals surface area contributed by atoms with E-state index in [-0.39, 0.29) is 29.6 Å². The quantitative estimate of drug-likeness (QED) is 0.524. The maximum Gasteiger partial charge on any atom is 0.270 e. The highest BCUT2D eigenvalue weighted by Gasteiger charge is 2.31. The van der Waals surface area contributed by atoms with Crippen molar-refractivity contribution in [3.05, 3.63) is 68.6 Å². The minimum Gasteiger partial charge on any atom is -0.373 e. The van der Waals surface area contributed by atoms with Gasteiger partial charge in [-0.05, 0) is 23.6 Å². The van der Waals surface area contributed by atoms with Crippen molar-refractivity contribution < 1.29 is 18.3 Å². The number of ether oxygens (including phenoxy) is 1. The van der Waals surface area contributed by atoms with Crippen LogP contribution in [-0.4, -0.2) is 34.4 Å². The minimum atomic E-state index is -0.505. The Hall–Kier alpha value is -3.04. The predicted molar refractivity (Wildman–Crippen MR) is 105 cm³/mol. The number of likely N-dealkylation sites (N-methyl/N-ethyl adjacent to an activating group) is 1. The first-order valence-corrected chi connectivity index (χ1v) is 9.71. The standard InChI is InChI=1S/C20H15F2N3O3S/c1-25(20(27)13-5-16-12(23-13)6-17(22)29-16)15-8-28-7-14-18(15)10-3-2-9(21)4-11(10)19(26)24-14/h2-6,15,23H,7-8H2,1H3,(H,24,26)/t15-/m1/s1. The Bertz CT molecular complexity index is 1310. The van der Waals surface area contributed by atoms with Crippen molar-refractivity contribution in [3.63, 3.8) is 0 Å². The number of benzene rings is 1. The SMILES string of the molecule is CN(C(=O)c1cc2sc(F)cc2[nH]1)[C@@H]1COCc2[nH]c(=O)c3cc(F)ccc3c21. The van der Waals surface area contributed by atoms with Crippen LogP contribution in [0.25, 0.3) is 21.0 Å². The molecule has 1 atom stereocenters. The third kappa shape index (κ3) is 2.85. The number of carbonyl (C=O) groups is 1. The van der Waals surface area contributed by atoms with Crippen LogP contribution >= 0.6 is 11.3 Å². The Morgan fingerprint density at radius 3 is 2.83 bits per heavy atom. The second kappa shape index (κ2) is 6.50. The zero-order valence-corrected chi connectivity index (χ0v) is 16.0. The molecule has 5 rings (SSSR count). The maximum atomic E-state index is 13.7. The van der Waals surface area contributed by atoms with Gasteiger partial charge in [-0.2, -0.15) is 4.39 Å². The summed E-state index contributed by atoms with van der Waals surface area (Å²) in [4.78, 5) is 32.6. The first-order chi connectivity index (χ1) is 13.9. The number of amides is 1. The fraction of sp³-hybridized carbons (Fsp3) is 0.200. The summed E-state index contributed by atoms with van der Waals surface area (Å²) in [6, 6.07) is 6.53. The van der Waals surface area contributed by atoms with E-state index in [1.807, 2.05) is 0 Å². The molecule has 0 bridgehead atoms. The molecule has 29 heavy (non-hydrogen) atoms. The van der Waals surface area contributed by atoms with Gasteiger partial charge in [-0.3, -0.25) is 9.59 Å².